The van der Waals surface area contributed by atoms with Crippen LogP contribution in [0.1, 0.15) is 31.9 Å². The Morgan fingerprint density at radius 3 is 2.65 bits per heavy atom. The Bertz CT molecular complexity index is 455. The number of hydrogen-bond acceptors (Lipinski definition) is 2. The molecule has 0 bridgehead atoms. The second-order valence-electron chi connectivity index (χ2n) is 4.86. The maximum absolute atomic E-state index is 13.5. The number of halogens is 2. The van der Waals surface area contributed by atoms with E-state index >= 15 is 0 Å². The first kappa shape index (κ1) is 16.4. The molecule has 0 aliphatic heterocycles. The number of rotatable bonds is 6. The molecule has 2 atom stereocenters. The van der Waals surface area contributed by atoms with Crippen molar-refractivity contribution in [3.05, 3.63) is 35.4 Å². The summed E-state index contributed by atoms with van der Waals surface area (Å²) in [7, 11) is 0. The molecule has 0 heterocycles. The first-order valence-corrected chi connectivity index (χ1v) is 6.54. The third-order valence-corrected chi connectivity index (χ3v) is 3.01. The zero-order chi connectivity index (χ0) is 15.1. The normalized spacial score (nSPS) is 13.7. The highest BCUT2D eigenvalue weighted by Crippen LogP contribution is 2.17. The number of nitrogens with one attached hydrogen (secondary N) is 2. The highest BCUT2D eigenvalue weighted by atomic mass is 19.1. The van der Waals surface area contributed by atoms with Gasteiger partial charge < -0.3 is 15.7 Å². The lowest BCUT2D eigenvalue weighted by atomic mass is 10.1. The van der Waals surface area contributed by atoms with E-state index in [1.54, 1.807) is 6.92 Å². The minimum atomic E-state index is -0.688. The number of amides is 2. The molecule has 0 fully saturated rings. The summed E-state index contributed by atoms with van der Waals surface area (Å²) in [5.41, 5.74) is 0.227. The lowest BCUT2D eigenvalue weighted by Gasteiger charge is -2.17. The van der Waals surface area contributed by atoms with E-state index in [-0.39, 0.29) is 18.1 Å². The number of carbonyl (C=O) groups is 1. The van der Waals surface area contributed by atoms with Crippen LogP contribution in [-0.2, 0) is 0 Å². The number of aliphatic hydroxyl groups is 1. The van der Waals surface area contributed by atoms with E-state index in [2.05, 4.69) is 10.6 Å². The third kappa shape index (κ3) is 5.13. The molecule has 4 nitrogen and oxygen atoms in total. The van der Waals surface area contributed by atoms with E-state index in [0.29, 0.717) is 13.0 Å². The smallest absolute Gasteiger partial charge is 0.315 e. The summed E-state index contributed by atoms with van der Waals surface area (Å²) in [5, 5.41) is 14.0. The summed E-state index contributed by atoms with van der Waals surface area (Å²) < 4.78 is 26.3. The SMILES string of the molecule is CC(CCO)CNC(=O)NC(C)c1ccc(F)cc1F. The molecule has 1 aromatic rings. The molecule has 0 saturated carbocycles. The van der Waals surface area contributed by atoms with Gasteiger partial charge in [-0.15, -0.1) is 0 Å². The Hall–Kier alpha value is -1.69. The van der Waals surface area contributed by atoms with Gasteiger partial charge in [-0.2, -0.15) is 0 Å². The predicted molar refractivity (Wildman–Crippen MR) is 72.2 cm³/mol. The van der Waals surface area contributed by atoms with Crippen LogP contribution in [0.15, 0.2) is 18.2 Å². The van der Waals surface area contributed by atoms with Gasteiger partial charge in [-0.1, -0.05) is 13.0 Å². The second-order valence-corrected chi connectivity index (χ2v) is 4.86. The van der Waals surface area contributed by atoms with Crippen molar-refractivity contribution < 1.29 is 18.7 Å². The fraction of sp³-hybridized carbons (Fsp3) is 0.500. The molecule has 6 heteroatoms. The summed E-state index contributed by atoms with van der Waals surface area (Å²) in [5.74, 6) is -1.18. The predicted octanol–water partition coefficient (Wildman–Crippen LogP) is 2.34. The molecule has 20 heavy (non-hydrogen) atoms. The molecule has 0 aliphatic carbocycles. The van der Waals surface area contributed by atoms with Gasteiger partial charge in [0.15, 0.2) is 0 Å². The van der Waals surface area contributed by atoms with Crippen molar-refractivity contribution >= 4 is 6.03 Å². The van der Waals surface area contributed by atoms with Crippen LogP contribution in [0.5, 0.6) is 0 Å². The number of benzene rings is 1. The fourth-order valence-electron chi connectivity index (χ4n) is 1.77. The van der Waals surface area contributed by atoms with Crippen molar-refractivity contribution in [2.45, 2.75) is 26.3 Å². The van der Waals surface area contributed by atoms with E-state index < -0.39 is 23.7 Å². The molecule has 0 saturated heterocycles. The van der Waals surface area contributed by atoms with Gasteiger partial charge in [0.05, 0.1) is 6.04 Å². The van der Waals surface area contributed by atoms with Gasteiger partial charge >= 0.3 is 6.03 Å². The van der Waals surface area contributed by atoms with Crippen LogP contribution in [0.25, 0.3) is 0 Å². The molecule has 1 rings (SSSR count). The van der Waals surface area contributed by atoms with Crippen molar-refractivity contribution in [1.82, 2.24) is 10.6 Å². The first-order chi connectivity index (χ1) is 9.43. The number of hydrogen-bond donors (Lipinski definition) is 3. The van der Waals surface area contributed by atoms with Crippen molar-refractivity contribution in [3.63, 3.8) is 0 Å². The van der Waals surface area contributed by atoms with Gasteiger partial charge in [0.2, 0.25) is 0 Å². The van der Waals surface area contributed by atoms with Crippen LogP contribution in [-0.4, -0.2) is 24.3 Å². The first-order valence-electron chi connectivity index (χ1n) is 6.54. The molecule has 1 aromatic carbocycles. The van der Waals surface area contributed by atoms with Crippen LogP contribution in [0.2, 0.25) is 0 Å². The number of urea groups is 1. The Labute approximate surface area is 117 Å². The Kier molecular flexibility index (Phi) is 6.38. The Morgan fingerprint density at radius 2 is 2.05 bits per heavy atom. The number of carbonyl (C=O) groups excluding carboxylic acids is 1. The quantitative estimate of drug-likeness (QED) is 0.751. The maximum Gasteiger partial charge on any atom is 0.315 e. The van der Waals surface area contributed by atoms with Gasteiger partial charge in [0.25, 0.3) is 0 Å². The van der Waals surface area contributed by atoms with E-state index in [4.69, 9.17) is 5.11 Å². The molecular formula is C14H20F2N2O2. The van der Waals surface area contributed by atoms with Crippen LogP contribution in [0.3, 0.4) is 0 Å². The van der Waals surface area contributed by atoms with Gasteiger partial charge in [0.1, 0.15) is 11.6 Å². The molecule has 0 aromatic heterocycles. The van der Waals surface area contributed by atoms with E-state index in [0.717, 1.165) is 12.1 Å². The van der Waals surface area contributed by atoms with Gasteiger partial charge in [0, 0.05) is 24.8 Å². The summed E-state index contributed by atoms with van der Waals surface area (Å²) >= 11 is 0. The van der Waals surface area contributed by atoms with Crippen LogP contribution in [0, 0.1) is 17.6 Å². The standard InChI is InChI=1S/C14H20F2N2O2/c1-9(5-6-19)8-17-14(20)18-10(2)12-4-3-11(15)7-13(12)16/h3-4,7,9-10,19H,5-6,8H2,1-2H3,(H2,17,18,20). The summed E-state index contributed by atoms with van der Waals surface area (Å²) in [6, 6.07) is 2.26. The molecule has 112 valence electrons. The molecule has 0 radical (unpaired) electrons. The topological polar surface area (TPSA) is 61.4 Å². The average molecular weight is 286 g/mol. The number of aliphatic hydroxyl groups excluding tert-OH is 1. The van der Waals surface area contributed by atoms with E-state index in [1.165, 1.54) is 6.07 Å². The average Bonchev–Trinajstić information content (AvgIpc) is 2.36. The summed E-state index contributed by atoms with van der Waals surface area (Å²) in [6.45, 7) is 4.01. The van der Waals surface area contributed by atoms with Crippen LogP contribution < -0.4 is 10.6 Å². The molecule has 0 spiro atoms. The maximum atomic E-state index is 13.5. The zero-order valence-corrected chi connectivity index (χ0v) is 11.6. The third-order valence-electron chi connectivity index (χ3n) is 3.01. The lowest BCUT2D eigenvalue weighted by Crippen LogP contribution is -2.39. The van der Waals surface area contributed by atoms with Crippen molar-refractivity contribution in [2.75, 3.05) is 13.2 Å². The van der Waals surface area contributed by atoms with Crippen molar-refractivity contribution in [2.24, 2.45) is 5.92 Å². The van der Waals surface area contributed by atoms with Gasteiger partial charge in [-0.25, -0.2) is 13.6 Å². The molecule has 2 unspecified atom stereocenters. The highest BCUT2D eigenvalue weighted by Gasteiger charge is 2.14. The van der Waals surface area contributed by atoms with Crippen molar-refractivity contribution in [3.8, 4) is 0 Å². The summed E-state index contributed by atoms with van der Waals surface area (Å²) in [4.78, 5) is 11.6. The largest absolute Gasteiger partial charge is 0.396 e. The van der Waals surface area contributed by atoms with Crippen LogP contribution >= 0.6 is 0 Å². The van der Waals surface area contributed by atoms with Gasteiger partial charge in [-0.3, -0.25) is 0 Å². The van der Waals surface area contributed by atoms with E-state index in [1.807, 2.05) is 6.92 Å². The van der Waals surface area contributed by atoms with Crippen molar-refractivity contribution in [1.29, 1.82) is 0 Å². The fourth-order valence-corrected chi connectivity index (χ4v) is 1.77. The lowest BCUT2D eigenvalue weighted by molar-refractivity contribution is 0.231. The monoisotopic (exact) mass is 286 g/mol. The zero-order valence-electron chi connectivity index (χ0n) is 11.6. The van der Waals surface area contributed by atoms with Gasteiger partial charge in [-0.05, 0) is 25.3 Å². The summed E-state index contributed by atoms with van der Waals surface area (Å²) in [6.07, 6.45) is 0.600. The van der Waals surface area contributed by atoms with Crippen LogP contribution in [0.4, 0.5) is 13.6 Å². The Morgan fingerprint density at radius 1 is 1.35 bits per heavy atom. The Balaban J connectivity index is 2.49. The minimum absolute atomic E-state index is 0.0711. The minimum Gasteiger partial charge on any atom is -0.396 e. The molecule has 3 N–H and O–H groups in total. The molecule has 0 aliphatic rings. The second kappa shape index (κ2) is 7.79. The molecule has 2 amide bonds. The van der Waals surface area contributed by atoms with E-state index in [9.17, 15) is 13.6 Å². The molecular weight excluding hydrogens is 266 g/mol. The highest BCUT2D eigenvalue weighted by molar-refractivity contribution is 5.74.